The average Bonchev–Trinajstić information content (AvgIpc) is 2.97. The molecule has 3 heteroatoms. The van der Waals surface area contributed by atoms with Crippen LogP contribution in [0.25, 0.3) is 32.9 Å². The van der Waals surface area contributed by atoms with E-state index in [4.69, 9.17) is 9.47 Å². The molecule has 4 rings (SSSR count). The summed E-state index contributed by atoms with van der Waals surface area (Å²) in [6.45, 7) is 4.13. The second kappa shape index (κ2) is 5.85. The number of hydrogen-bond donors (Lipinski definition) is 1. The normalized spacial score (nSPS) is 11.2. The Kier molecular flexibility index (Phi) is 3.65. The first-order valence-corrected chi connectivity index (χ1v) is 8.36. The largest absolute Gasteiger partial charge is 0.496 e. The molecule has 0 saturated carbocycles. The Balaban J connectivity index is 1.94. The first kappa shape index (κ1) is 15.6. The highest BCUT2D eigenvalue weighted by atomic mass is 16.5. The second-order valence-electron chi connectivity index (χ2n) is 6.46. The maximum atomic E-state index is 5.60. The van der Waals surface area contributed by atoms with Crippen LogP contribution in [0.5, 0.6) is 11.5 Å². The van der Waals surface area contributed by atoms with E-state index in [-0.39, 0.29) is 0 Å². The maximum absolute atomic E-state index is 5.60. The summed E-state index contributed by atoms with van der Waals surface area (Å²) in [6, 6.07) is 17.1. The number of ether oxygens (including phenoxy) is 2. The van der Waals surface area contributed by atoms with Crippen LogP contribution in [0.1, 0.15) is 11.1 Å². The third kappa shape index (κ3) is 2.52. The fourth-order valence-electron chi connectivity index (χ4n) is 3.47. The molecule has 0 aliphatic heterocycles. The fourth-order valence-corrected chi connectivity index (χ4v) is 3.47. The van der Waals surface area contributed by atoms with Crippen LogP contribution in [-0.4, -0.2) is 19.2 Å². The van der Waals surface area contributed by atoms with Crippen LogP contribution < -0.4 is 9.47 Å². The average molecular weight is 331 g/mol. The van der Waals surface area contributed by atoms with Crippen molar-refractivity contribution >= 4 is 21.8 Å². The summed E-state index contributed by atoms with van der Waals surface area (Å²) < 4.78 is 11.1. The molecule has 0 aliphatic rings. The minimum absolute atomic E-state index is 0.851. The summed E-state index contributed by atoms with van der Waals surface area (Å²) >= 11 is 0. The van der Waals surface area contributed by atoms with Crippen molar-refractivity contribution in [3.63, 3.8) is 0 Å². The number of aromatic amines is 1. The van der Waals surface area contributed by atoms with Crippen LogP contribution in [0, 0.1) is 13.8 Å². The van der Waals surface area contributed by atoms with Crippen molar-refractivity contribution in [3.05, 3.63) is 59.7 Å². The SMILES string of the molecule is COc1cc(-c2ccc3c(c2)[nH]c2cc(C)ccc23)c(OC)cc1C. The molecular formula is C22H21NO2. The molecular weight excluding hydrogens is 310 g/mol. The molecule has 1 aromatic heterocycles. The Morgan fingerprint density at radius 1 is 0.720 bits per heavy atom. The van der Waals surface area contributed by atoms with Crippen molar-refractivity contribution in [2.75, 3.05) is 14.2 Å². The van der Waals surface area contributed by atoms with Gasteiger partial charge in [-0.05, 0) is 54.8 Å². The van der Waals surface area contributed by atoms with E-state index in [0.29, 0.717) is 0 Å². The van der Waals surface area contributed by atoms with Crippen molar-refractivity contribution < 1.29 is 9.47 Å². The van der Waals surface area contributed by atoms with Gasteiger partial charge < -0.3 is 14.5 Å². The second-order valence-corrected chi connectivity index (χ2v) is 6.46. The third-order valence-electron chi connectivity index (χ3n) is 4.78. The number of fused-ring (bicyclic) bond motifs is 3. The zero-order valence-electron chi connectivity index (χ0n) is 14.9. The molecule has 0 unspecified atom stereocenters. The summed E-state index contributed by atoms with van der Waals surface area (Å²) in [5.74, 6) is 1.72. The first-order chi connectivity index (χ1) is 12.1. The summed E-state index contributed by atoms with van der Waals surface area (Å²) in [6.07, 6.45) is 0. The van der Waals surface area contributed by atoms with E-state index in [9.17, 15) is 0 Å². The molecule has 0 saturated heterocycles. The molecule has 1 heterocycles. The van der Waals surface area contributed by atoms with Crippen molar-refractivity contribution in [1.82, 2.24) is 4.98 Å². The summed E-state index contributed by atoms with van der Waals surface area (Å²) in [4.78, 5) is 3.53. The smallest absolute Gasteiger partial charge is 0.127 e. The highest BCUT2D eigenvalue weighted by molar-refractivity contribution is 6.08. The Labute approximate surface area is 147 Å². The van der Waals surface area contributed by atoms with Gasteiger partial charge in [0.1, 0.15) is 11.5 Å². The Morgan fingerprint density at radius 3 is 2.12 bits per heavy atom. The van der Waals surface area contributed by atoms with Crippen LogP contribution in [0.3, 0.4) is 0 Å². The van der Waals surface area contributed by atoms with Gasteiger partial charge in [0, 0.05) is 27.4 Å². The molecule has 0 bridgehead atoms. The Hall–Kier alpha value is -2.94. The van der Waals surface area contributed by atoms with Crippen LogP contribution >= 0.6 is 0 Å². The molecule has 3 nitrogen and oxygen atoms in total. The lowest BCUT2D eigenvalue weighted by atomic mass is 10.0. The van der Waals surface area contributed by atoms with E-state index < -0.39 is 0 Å². The van der Waals surface area contributed by atoms with E-state index in [0.717, 1.165) is 33.7 Å². The number of benzene rings is 3. The lowest BCUT2D eigenvalue weighted by molar-refractivity contribution is 0.402. The number of rotatable bonds is 3. The van der Waals surface area contributed by atoms with Crippen molar-refractivity contribution in [1.29, 1.82) is 0 Å². The van der Waals surface area contributed by atoms with Crippen molar-refractivity contribution in [3.8, 4) is 22.6 Å². The summed E-state index contributed by atoms with van der Waals surface area (Å²) in [7, 11) is 3.40. The van der Waals surface area contributed by atoms with Gasteiger partial charge in [0.05, 0.1) is 14.2 Å². The molecule has 1 N–H and O–H groups in total. The van der Waals surface area contributed by atoms with Gasteiger partial charge in [-0.1, -0.05) is 24.3 Å². The fraction of sp³-hybridized carbons (Fsp3) is 0.182. The van der Waals surface area contributed by atoms with E-state index in [1.165, 1.54) is 21.9 Å². The van der Waals surface area contributed by atoms with Crippen LogP contribution in [-0.2, 0) is 0 Å². The van der Waals surface area contributed by atoms with Crippen molar-refractivity contribution in [2.24, 2.45) is 0 Å². The standard InChI is InChI=1S/C22H21NO2/c1-13-5-7-16-17-8-6-15(11-20(17)23-19(16)9-13)18-12-21(24-3)14(2)10-22(18)25-4/h5-12,23H,1-4H3. The van der Waals surface area contributed by atoms with Crippen molar-refractivity contribution in [2.45, 2.75) is 13.8 Å². The topological polar surface area (TPSA) is 34.2 Å². The van der Waals surface area contributed by atoms with Crippen LogP contribution in [0.2, 0.25) is 0 Å². The molecule has 0 atom stereocenters. The van der Waals surface area contributed by atoms with E-state index in [1.807, 2.05) is 19.1 Å². The highest BCUT2D eigenvalue weighted by Crippen LogP contribution is 2.38. The third-order valence-corrected chi connectivity index (χ3v) is 4.78. The predicted octanol–water partition coefficient (Wildman–Crippen LogP) is 5.62. The number of aryl methyl sites for hydroxylation is 2. The number of aromatic nitrogens is 1. The molecule has 4 aromatic rings. The van der Waals surface area contributed by atoms with Crippen LogP contribution in [0.4, 0.5) is 0 Å². The molecule has 25 heavy (non-hydrogen) atoms. The van der Waals surface area contributed by atoms with Gasteiger partial charge in [-0.2, -0.15) is 0 Å². The lowest BCUT2D eigenvalue weighted by Crippen LogP contribution is -1.93. The minimum atomic E-state index is 0.851. The molecule has 0 amide bonds. The van der Waals surface area contributed by atoms with Crippen LogP contribution in [0.15, 0.2) is 48.5 Å². The zero-order chi connectivity index (χ0) is 17.6. The summed E-state index contributed by atoms with van der Waals surface area (Å²) in [5, 5.41) is 2.48. The van der Waals surface area contributed by atoms with E-state index in [1.54, 1.807) is 14.2 Å². The quantitative estimate of drug-likeness (QED) is 0.528. The number of hydrogen-bond acceptors (Lipinski definition) is 2. The molecule has 0 radical (unpaired) electrons. The van der Waals surface area contributed by atoms with Gasteiger partial charge in [0.15, 0.2) is 0 Å². The van der Waals surface area contributed by atoms with Gasteiger partial charge in [0.2, 0.25) is 0 Å². The first-order valence-electron chi connectivity index (χ1n) is 8.36. The molecule has 0 fully saturated rings. The minimum Gasteiger partial charge on any atom is -0.496 e. The van der Waals surface area contributed by atoms with Gasteiger partial charge >= 0.3 is 0 Å². The van der Waals surface area contributed by atoms with E-state index in [2.05, 4.69) is 48.3 Å². The number of methoxy groups -OCH3 is 2. The summed E-state index contributed by atoms with van der Waals surface area (Å²) in [5.41, 5.74) is 6.74. The monoisotopic (exact) mass is 331 g/mol. The predicted molar refractivity (Wildman–Crippen MR) is 104 cm³/mol. The van der Waals surface area contributed by atoms with Gasteiger partial charge in [-0.15, -0.1) is 0 Å². The lowest BCUT2D eigenvalue weighted by Gasteiger charge is -2.13. The molecule has 126 valence electrons. The number of nitrogens with one attached hydrogen (secondary N) is 1. The number of H-pyrrole nitrogens is 1. The molecule has 0 spiro atoms. The molecule has 3 aromatic carbocycles. The molecule has 0 aliphatic carbocycles. The Bertz CT molecular complexity index is 1090. The highest BCUT2D eigenvalue weighted by Gasteiger charge is 2.12. The van der Waals surface area contributed by atoms with Gasteiger partial charge in [-0.25, -0.2) is 0 Å². The van der Waals surface area contributed by atoms with Gasteiger partial charge in [-0.3, -0.25) is 0 Å². The van der Waals surface area contributed by atoms with E-state index >= 15 is 0 Å². The van der Waals surface area contributed by atoms with Gasteiger partial charge in [0.25, 0.3) is 0 Å². The zero-order valence-corrected chi connectivity index (χ0v) is 14.9. The Morgan fingerprint density at radius 2 is 1.40 bits per heavy atom. The maximum Gasteiger partial charge on any atom is 0.127 e.